The molecule has 1 heterocycles. The predicted octanol–water partition coefficient (Wildman–Crippen LogP) is 4.20. The van der Waals surface area contributed by atoms with Gasteiger partial charge in [0.15, 0.2) is 0 Å². The zero-order chi connectivity index (χ0) is 29.9. The molecule has 0 bridgehead atoms. The van der Waals surface area contributed by atoms with E-state index in [2.05, 4.69) is 42.3 Å². The average molecular weight is 554 g/mol. The summed E-state index contributed by atoms with van der Waals surface area (Å²) in [6.07, 6.45) is 8.19. The fourth-order valence-corrected chi connectivity index (χ4v) is 4.39. The molecule has 0 spiro atoms. The van der Waals surface area contributed by atoms with E-state index in [1.54, 1.807) is 29.2 Å². The van der Waals surface area contributed by atoms with Crippen molar-refractivity contribution in [2.45, 2.75) is 60.5 Å². The second-order valence-electron chi connectivity index (χ2n) is 11.6. The van der Waals surface area contributed by atoms with E-state index < -0.39 is 23.8 Å². The third-order valence-electron chi connectivity index (χ3n) is 7.08. The SMILES string of the molecule is C#C[C@H](C(=O)N=C[C@@H](CCCNC(N)=O)C(=O)Nc1ccc(COC(=O)N2CCC(C(C)(C)C)C2)cc1)C(C)C. The van der Waals surface area contributed by atoms with E-state index in [-0.39, 0.29) is 36.5 Å². The van der Waals surface area contributed by atoms with E-state index in [4.69, 9.17) is 16.9 Å². The molecule has 3 atom stereocenters. The second-order valence-corrected chi connectivity index (χ2v) is 11.6. The van der Waals surface area contributed by atoms with Crippen LogP contribution in [0.3, 0.4) is 0 Å². The van der Waals surface area contributed by atoms with E-state index in [1.165, 1.54) is 6.21 Å². The Hall–Kier alpha value is -3.87. The number of carbonyl (C=O) groups is 4. The van der Waals surface area contributed by atoms with Crippen LogP contribution in [0.5, 0.6) is 0 Å². The van der Waals surface area contributed by atoms with Gasteiger partial charge in [0, 0.05) is 31.5 Å². The summed E-state index contributed by atoms with van der Waals surface area (Å²) in [5.74, 6) is 0.553. The smallest absolute Gasteiger partial charge is 0.410 e. The van der Waals surface area contributed by atoms with Crippen molar-refractivity contribution in [1.29, 1.82) is 0 Å². The molecule has 2 rings (SSSR count). The minimum atomic E-state index is -0.734. The fraction of sp³-hybridized carbons (Fsp3) is 0.567. The highest BCUT2D eigenvalue weighted by Gasteiger charge is 2.34. The first-order valence-electron chi connectivity index (χ1n) is 13.7. The molecule has 1 aliphatic rings. The quantitative estimate of drug-likeness (QED) is 0.214. The number of likely N-dealkylation sites (tertiary alicyclic amines) is 1. The number of amides is 5. The molecule has 40 heavy (non-hydrogen) atoms. The Kier molecular flexibility index (Phi) is 12.2. The summed E-state index contributed by atoms with van der Waals surface area (Å²) < 4.78 is 5.50. The largest absolute Gasteiger partial charge is 0.445 e. The third kappa shape index (κ3) is 10.4. The molecule has 218 valence electrons. The van der Waals surface area contributed by atoms with Gasteiger partial charge in [-0.05, 0) is 54.2 Å². The molecule has 1 aromatic carbocycles. The Labute approximate surface area is 237 Å². The normalized spacial score (nSPS) is 16.8. The number of urea groups is 1. The van der Waals surface area contributed by atoms with Crippen molar-refractivity contribution >= 4 is 35.8 Å². The minimum Gasteiger partial charge on any atom is -0.445 e. The number of terminal acetylenes is 1. The van der Waals surface area contributed by atoms with Gasteiger partial charge in [0.25, 0.3) is 5.91 Å². The second kappa shape index (κ2) is 15.1. The van der Waals surface area contributed by atoms with Gasteiger partial charge in [-0.15, -0.1) is 6.42 Å². The maximum atomic E-state index is 13.0. The molecule has 0 saturated carbocycles. The number of nitrogens with one attached hydrogen (secondary N) is 2. The Bertz CT molecular complexity index is 1100. The maximum Gasteiger partial charge on any atom is 0.410 e. The highest BCUT2D eigenvalue weighted by molar-refractivity contribution is 6.04. The van der Waals surface area contributed by atoms with Crippen LogP contribution in [0.4, 0.5) is 15.3 Å². The molecule has 4 N–H and O–H groups in total. The Morgan fingerprint density at radius 2 is 1.90 bits per heavy atom. The Morgan fingerprint density at radius 3 is 2.45 bits per heavy atom. The third-order valence-corrected chi connectivity index (χ3v) is 7.08. The molecule has 0 radical (unpaired) electrons. The van der Waals surface area contributed by atoms with Crippen LogP contribution < -0.4 is 16.4 Å². The van der Waals surface area contributed by atoms with E-state index in [0.29, 0.717) is 37.5 Å². The molecular weight excluding hydrogens is 510 g/mol. The summed E-state index contributed by atoms with van der Waals surface area (Å²) in [4.78, 5) is 54.6. The average Bonchev–Trinajstić information content (AvgIpc) is 3.39. The lowest BCUT2D eigenvalue weighted by atomic mass is 9.80. The number of hydrogen-bond acceptors (Lipinski definition) is 5. The first-order chi connectivity index (χ1) is 18.8. The first kappa shape index (κ1) is 32.3. The van der Waals surface area contributed by atoms with Crippen LogP contribution >= 0.6 is 0 Å². The molecule has 1 aromatic rings. The molecule has 10 heteroatoms. The number of benzene rings is 1. The van der Waals surface area contributed by atoms with E-state index in [0.717, 1.165) is 12.0 Å². The lowest BCUT2D eigenvalue weighted by Gasteiger charge is -2.26. The van der Waals surface area contributed by atoms with Crippen LogP contribution in [0, 0.1) is 41.4 Å². The molecule has 0 aliphatic carbocycles. The molecule has 0 aromatic heterocycles. The zero-order valence-corrected chi connectivity index (χ0v) is 24.2. The van der Waals surface area contributed by atoms with Gasteiger partial charge in [0.05, 0.1) is 5.92 Å². The molecule has 1 saturated heterocycles. The summed E-state index contributed by atoms with van der Waals surface area (Å²) in [5, 5.41) is 5.31. The summed E-state index contributed by atoms with van der Waals surface area (Å²) in [5.41, 5.74) is 6.57. The van der Waals surface area contributed by atoms with Crippen molar-refractivity contribution < 1.29 is 23.9 Å². The maximum absolute atomic E-state index is 13.0. The van der Waals surface area contributed by atoms with Gasteiger partial charge in [-0.25, -0.2) is 14.6 Å². The van der Waals surface area contributed by atoms with E-state index >= 15 is 0 Å². The summed E-state index contributed by atoms with van der Waals surface area (Å²) in [6, 6.07) is 6.32. The zero-order valence-electron chi connectivity index (χ0n) is 24.2. The van der Waals surface area contributed by atoms with E-state index in [1.807, 2.05) is 13.8 Å². The predicted molar refractivity (Wildman–Crippen MR) is 155 cm³/mol. The Morgan fingerprint density at radius 1 is 1.23 bits per heavy atom. The topological polar surface area (TPSA) is 143 Å². The van der Waals surface area contributed by atoms with Crippen molar-refractivity contribution in [3.63, 3.8) is 0 Å². The van der Waals surface area contributed by atoms with Crippen molar-refractivity contribution in [1.82, 2.24) is 10.2 Å². The van der Waals surface area contributed by atoms with Crippen LogP contribution in [-0.4, -0.2) is 54.7 Å². The van der Waals surface area contributed by atoms with Gasteiger partial charge in [-0.3, -0.25) is 9.59 Å². The number of ether oxygens (including phenoxy) is 1. The molecule has 1 unspecified atom stereocenters. The Balaban J connectivity index is 1.96. The van der Waals surface area contributed by atoms with E-state index in [9.17, 15) is 19.2 Å². The van der Waals surface area contributed by atoms with Crippen molar-refractivity contribution in [3.8, 4) is 12.3 Å². The number of carbonyl (C=O) groups excluding carboxylic acids is 4. The molecule has 1 aliphatic heterocycles. The van der Waals surface area contributed by atoms with Crippen molar-refractivity contribution in [2.75, 3.05) is 25.0 Å². The summed E-state index contributed by atoms with van der Waals surface area (Å²) in [7, 11) is 0. The van der Waals surface area contributed by atoms with Crippen molar-refractivity contribution in [2.24, 2.45) is 39.8 Å². The number of hydrogen-bond donors (Lipinski definition) is 3. The van der Waals surface area contributed by atoms with Gasteiger partial charge >= 0.3 is 12.1 Å². The number of anilines is 1. The lowest BCUT2D eigenvalue weighted by Crippen LogP contribution is -2.31. The first-order valence-corrected chi connectivity index (χ1v) is 13.7. The number of nitrogens with zero attached hydrogens (tertiary/aromatic N) is 2. The highest BCUT2D eigenvalue weighted by Crippen LogP contribution is 2.33. The number of rotatable bonds is 11. The standard InChI is InChI=1S/C30H43N5O5/c1-7-25(20(2)3)27(37)33-17-22(9-8-15-32-28(31)38)26(36)34-24-12-10-21(11-13-24)19-40-29(39)35-16-14-23(18-35)30(4,5)6/h1,10-13,17,20,22-23,25H,8-9,14-16,18-19H2,2-6H3,(H,34,36)(H3,31,32,38)/t22-,23?,25+/m1/s1. The van der Waals surface area contributed by atoms with Crippen LogP contribution in [0.15, 0.2) is 29.3 Å². The molecule has 5 amide bonds. The molecule has 1 fully saturated rings. The van der Waals surface area contributed by atoms with Gasteiger partial charge in [-0.2, -0.15) is 0 Å². The highest BCUT2D eigenvalue weighted by atomic mass is 16.6. The van der Waals surface area contributed by atoms with Crippen LogP contribution in [0.1, 0.15) is 59.4 Å². The van der Waals surface area contributed by atoms with Crippen molar-refractivity contribution in [3.05, 3.63) is 29.8 Å². The summed E-state index contributed by atoms with van der Waals surface area (Å²) in [6.45, 7) is 12.0. The van der Waals surface area contributed by atoms with Crippen LogP contribution in [-0.2, 0) is 20.9 Å². The number of nitrogens with two attached hydrogens (primary N) is 1. The summed E-state index contributed by atoms with van der Waals surface area (Å²) >= 11 is 0. The number of primary amides is 1. The minimum absolute atomic E-state index is 0.0877. The van der Waals surface area contributed by atoms with Crippen LogP contribution in [0.25, 0.3) is 0 Å². The number of aliphatic imine (C=N–C) groups is 1. The molecular formula is C30H43N5O5. The van der Waals surface area contributed by atoms with Gasteiger partial charge in [-0.1, -0.05) is 52.7 Å². The fourth-order valence-electron chi connectivity index (χ4n) is 4.39. The molecule has 10 nitrogen and oxygen atoms in total. The monoisotopic (exact) mass is 553 g/mol. The van der Waals surface area contributed by atoms with Gasteiger partial charge in [0.1, 0.15) is 12.5 Å². The van der Waals surface area contributed by atoms with Gasteiger partial charge < -0.3 is 26.0 Å². The lowest BCUT2D eigenvalue weighted by molar-refractivity contribution is -0.120. The van der Waals surface area contributed by atoms with Gasteiger partial charge in [0.2, 0.25) is 5.91 Å². The van der Waals surface area contributed by atoms with Crippen LogP contribution in [0.2, 0.25) is 0 Å².